The van der Waals surface area contributed by atoms with Crippen LogP contribution in [0.4, 0.5) is 0 Å². The van der Waals surface area contributed by atoms with Crippen LogP contribution in [0.1, 0.15) is 24.0 Å². The Balaban J connectivity index is 1.88. The largest absolute Gasteiger partial charge is 0.497 e. The van der Waals surface area contributed by atoms with Gasteiger partial charge in [0.2, 0.25) is 0 Å². The Hall–Kier alpha value is -2.49. The van der Waals surface area contributed by atoms with Gasteiger partial charge >= 0.3 is 0 Å². The van der Waals surface area contributed by atoms with E-state index >= 15 is 0 Å². The third kappa shape index (κ3) is 2.33. The number of aromatic nitrogens is 2. The number of hydrogen-bond donors (Lipinski definition) is 0. The van der Waals surface area contributed by atoms with Crippen molar-refractivity contribution in [2.45, 2.75) is 20.4 Å². The summed E-state index contributed by atoms with van der Waals surface area (Å²) in [6, 6.07) is 8.12. The van der Waals surface area contributed by atoms with Gasteiger partial charge in [0.15, 0.2) is 0 Å². The minimum absolute atomic E-state index is 0.787. The van der Waals surface area contributed by atoms with Crippen LogP contribution in [0.15, 0.2) is 42.7 Å². The number of allylic oxidation sites excluding steroid dienone is 1. The van der Waals surface area contributed by atoms with E-state index in [9.17, 15) is 0 Å². The molecule has 1 aliphatic heterocycles. The third-order valence-corrected chi connectivity index (χ3v) is 3.84. The second kappa shape index (κ2) is 5.13. The molecule has 2 aromatic rings. The van der Waals surface area contributed by atoms with Crippen LogP contribution in [0.2, 0.25) is 0 Å². The Bertz CT molecular complexity index is 710. The fourth-order valence-corrected chi connectivity index (χ4v) is 2.57. The lowest BCUT2D eigenvalue weighted by Crippen LogP contribution is -2.24. The van der Waals surface area contributed by atoms with Gasteiger partial charge in [-0.15, -0.1) is 0 Å². The molecule has 0 N–H and O–H groups in total. The SMILES string of the molecule is C=C1c2cnc(C)n2C=C(C)N1Cc1ccc(OC)cc1. The zero-order chi connectivity index (χ0) is 15.0. The van der Waals surface area contributed by atoms with Crippen molar-refractivity contribution in [1.29, 1.82) is 0 Å². The van der Waals surface area contributed by atoms with Gasteiger partial charge < -0.3 is 14.2 Å². The van der Waals surface area contributed by atoms with Crippen LogP contribution in [0.25, 0.3) is 11.9 Å². The first-order valence-corrected chi connectivity index (χ1v) is 6.92. The van der Waals surface area contributed by atoms with E-state index in [4.69, 9.17) is 4.74 Å². The maximum Gasteiger partial charge on any atom is 0.118 e. The number of ether oxygens (including phenoxy) is 1. The van der Waals surface area contributed by atoms with Gasteiger partial charge in [0.25, 0.3) is 0 Å². The Morgan fingerprint density at radius 3 is 2.57 bits per heavy atom. The van der Waals surface area contributed by atoms with E-state index in [1.54, 1.807) is 7.11 Å². The molecule has 3 rings (SSSR count). The Morgan fingerprint density at radius 1 is 1.19 bits per heavy atom. The van der Waals surface area contributed by atoms with Crippen molar-refractivity contribution >= 4 is 11.9 Å². The summed E-state index contributed by atoms with van der Waals surface area (Å²) in [5.41, 5.74) is 4.40. The third-order valence-electron chi connectivity index (χ3n) is 3.84. The van der Waals surface area contributed by atoms with Gasteiger partial charge in [0, 0.05) is 18.4 Å². The molecule has 4 heteroatoms. The van der Waals surface area contributed by atoms with Crippen molar-refractivity contribution in [2.24, 2.45) is 0 Å². The van der Waals surface area contributed by atoms with E-state index in [0.717, 1.165) is 35.2 Å². The Labute approximate surface area is 125 Å². The highest BCUT2D eigenvalue weighted by Gasteiger charge is 2.21. The highest BCUT2D eigenvalue weighted by atomic mass is 16.5. The molecule has 0 bridgehead atoms. The molecule has 1 aliphatic rings. The fourth-order valence-electron chi connectivity index (χ4n) is 2.57. The zero-order valence-electron chi connectivity index (χ0n) is 12.6. The van der Waals surface area contributed by atoms with Crippen LogP contribution < -0.4 is 4.74 Å². The van der Waals surface area contributed by atoms with Crippen LogP contribution in [0.5, 0.6) is 5.75 Å². The first kappa shape index (κ1) is 13.5. The zero-order valence-corrected chi connectivity index (χ0v) is 12.6. The maximum absolute atomic E-state index is 5.20. The topological polar surface area (TPSA) is 30.3 Å². The first-order valence-electron chi connectivity index (χ1n) is 6.92. The standard InChI is InChI=1S/C17H19N3O/c1-12-10-20-14(3)18-9-17(20)13(2)19(12)11-15-5-7-16(21-4)8-6-15/h5-10H,2,11H2,1,3-4H3. The number of hydrogen-bond acceptors (Lipinski definition) is 3. The van der Waals surface area contributed by atoms with E-state index in [1.807, 2.05) is 25.3 Å². The van der Waals surface area contributed by atoms with Crippen molar-refractivity contribution in [1.82, 2.24) is 14.5 Å². The number of fused-ring (bicyclic) bond motifs is 1. The number of nitrogens with zero attached hydrogens (tertiary/aromatic N) is 3. The quantitative estimate of drug-likeness (QED) is 0.862. The van der Waals surface area contributed by atoms with Gasteiger partial charge in [0.1, 0.15) is 11.6 Å². The number of aryl methyl sites for hydroxylation is 1. The molecular formula is C17H19N3O. The average molecular weight is 281 g/mol. The molecular weight excluding hydrogens is 262 g/mol. The van der Waals surface area contributed by atoms with Crippen LogP contribution in [-0.2, 0) is 6.54 Å². The van der Waals surface area contributed by atoms with E-state index in [-0.39, 0.29) is 0 Å². The van der Waals surface area contributed by atoms with Gasteiger partial charge in [-0.25, -0.2) is 4.98 Å². The predicted octanol–water partition coefficient (Wildman–Crippen LogP) is 3.50. The van der Waals surface area contributed by atoms with Crippen LogP contribution in [0.3, 0.4) is 0 Å². The molecule has 21 heavy (non-hydrogen) atoms. The summed E-state index contributed by atoms with van der Waals surface area (Å²) < 4.78 is 7.28. The smallest absolute Gasteiger partial charge is 0.118 e. The maximum atomic E-state index is 5.20. The van der Waals surface area contributed by atoms with E-state index in [0.29, 0.717) is 0 Å². The summed E-state index contributed by atoms with van der Waals surface area (Å²) >= 11 is 0. The molecule has 0 aliphatic carbocycles. The average Bonchev–Trinajstić information content (AvgIpc) is 2.86. The molecule has 108 valence electrons. The van der Waals surface area contributed by atoms with Crippen molar-refractivity contribution in [3.63, 3.8) is 0 Å². The summed E-state index contributed by atoms with van der Waals surface area (Å²) in [6.07, 6.45) is 3.98. The van der Waals surface area contributed by atoms with E-state index in [2.05, 4.69) is 46.3 Å². The Kier molecular flexibility index (Phi) is 3.29. The van der Waals surface area contributed by atoms with Gasteiger partial charge in [-0.3, -0.25) is 0 Å². The highest BCUT2D eigenvalue weighted by molar-refractivity contribution is 5.67. The molecule has 0 radical (unpaired) electrons. The molecule has 2 heterocycles. The van der Waals surface area contributed by atoms with Crippen molar-refractivity contribution < 1.29 is 4.74 Å². The van der Waals surface area contributed by atoms with Crippen molar-refractivity contribution in [3.8, 4) is 5.75 Å². The van der Waals surface area contributed by atoms with E-state index in [1.165, 1.54) is 5.56 Å². The molecule has 0 atom stereocenters. The molecule has 1 aromatic heterocycles. The fraction of sp³-hybridized carbons (Fsp3) is 0.235. The van der Waals surface area contributed by atoms with Crippen LogP contribution >= 0.6 is 0 Å². The first-order chi connectivity index (χ1) is 10.1. The van der Waals surface area contributed by atoms with Gasteiger partial charge in [-0.05, 0) is 31.5 Å². The lowest BCUT2D eigenvalue weighted by Gasteiger charge is -2.31. The van der Waals surface area contributed by atoms with E-state index < -0.39 is 0 Å². The van der Waals surface area contributed by atoms with Crippen molar-refractivity contribution in [2.75, 3.05) is 7.11 Å². The summed E-state index contributed by atoms with van der Waals surface area (Å²) in [5, 5.41) is 0. The van der Waals surface area contributed by atoms with Gasteiger partial charge in [-0.2, -0.15) is 0 Å². The molecule has 0 saturated carbocycles. The van der Waals surface area contributed by atoms with Gasteiger partial charge in [-0.1, -0.05) is 18.7 Å². The number of benzene rings is 1. The molecule has 0 unspecified atom stereocenters. The molecule has 4 nitrogen and oxygen atoms in total. The summed E-state index contributed by atoms with van der Waals surface area (Å²) in [7, 11) is 1.68. The van der Waals surface area contributed by atoms with Crippen LogP contribution in [0, 0.1) is 6.92 Å². The summed E-state index contributed by atoms with van der Waals surface area (Å²) in [4.78, 5) is 6.57. The lowest BCUT2D eigenvalue weighted by atomic mass is 10.1. The second-order valence-electron chi connectivity index (χ2n) is 5.21. The number of rotatable bonds is 3. The normalized spacial score (nSPS) is 14.0. The van der Waals surface area contributed by atoms with Crippen molar-refractivity contribution in [3.05, 3.63) is 59.8 Å². The molecule has 0 saturated heterocycles. The minimum Gasteiger partial charge on any atom is -0.497 e. The predicted molar refractivity (Wildman–Crippen MR) is 84.5 cm³/mol. The molecule has 0 fully saturated rings. The minimum atomic E-state index is 0.787. The monoisotopic (exact) mass is 281 g/mol. The van der Waals surface area contributed by atoms with Crippen LogP contribution in [-0.4, -0.2) is 21.6 Å². The number of imidazole rings is 1. The highest BCUT2D eigenvalue weighted by Crippen LogP contribution is 2.30. The second-order valence-corrected chi connectivity index (χ2v) is 5.21. The van der Waals surface area contributed by atoms with Gasteiger partial charge in [0.05, 0.1) is 24.7 Å². The Morgan fingerprint density at radius 2 is 1.90 bits per heavy atom. The molecule has 0 spiro atoms. The summed E-state index contributed by atoms with van der Waals surface area (Å²) in [5.74, 6) is 1.85. The summed E-state index contributed by atoms with van der Waals surface area (Å²) in [6.45, 7) is 9.11. The molecule has 1 aromatic carbocycles. The number of methoxy groups -OCH3 is 1. The lowest BCUT2D eigenvalue weighted by molar-refractivity contribution is 0.414. The molecule has 0 amide bonds.